The summed E-state index contributed by atoms with van der Waals surface area (Å²) in [6.45, 7) is 7.42. The Labute approximate surface area is 88.0 Å². The molecule has 0 aliphatic carbocycles. The lowest BCUT2D eigenvalue weighted by atomic mass is 10.1. The zero-order valence-corrected chi connectivity index (χ0v) is 9.79. The van der Waals surface area contributed by atoms with Gasteiger partial charge in [-0.15, -0.1) is 0 Å². The van der Waals surface area contributed by atoms with Crippen LogP contribution in [-0.4, -0.2) is 19.0 Å². The molecule has 0 aromatic rings. The van der Waals surface area contributed by atoms with E-state index in [-0.39, 0.29) is 6.29 Å². The Bertz CT molecular complexity index is 145. The lowest BCUT2D eigenvalue weighted by Gasteiger charge is -2.32. The lowest BCUT2D eigenvalue weighted by Crippen LogP contribution is -2.35. The summed E-state index contributed by atoms with van der Waals surface area (Å²) in [6, 6.07) is 0. The summed E-state index contributed by atoms with van der Waals surface area (Å²) in [4.78, 5) is 0. The summed E-state index contributed by atoms with van der Waals surface area (Å²) in [6.07, 6.45) is 6.68. The molecule has 14 heavy (non-hydrogen) atoms. The van der Waals surface area contributed by atoms with Gasteiger partial charge in [0.15, 0.2) is 6.29 Å². The number of ether oxygens (including phenoxy) is 2. The zero-order valence-electron chi connectivity index (χ0n) is 9.79. The third kappa shape index (κ3) is 3.97. The molecule has 2 heteroatoms. The first-order chi connectivity index (χ1) is 6.74. The van der Waals surface area contributed by atoms with E-state index >= 15 is 0 Å². The fourth-order valence-corrected chi connectivity index (χ4v) is 1.80. The molecule has 0 saturated carbocycles. The molecule has 1 fully saturated rings. The first-order valence-corrected chi connectivity index (χ1v) is 6.01. The molecule has 1 saturated heterocycles. The Morgan fingerprint density at radius 3 is 2.71 bits per heavy atom. The first kappa shape index (κ1) is 12.0. The van der Waals surface area contributed by atoms with Crippen LogP contribution in [-0.2, 0) is 9.47 Å². The molecule has 2 nitrogen and oxygen atoms in total. The van der Waals surface area contributed by atoms with Gasteiger partial charge < -0.3 is 9.47 Å². The molecule has 84 valence electrons. The van der Waals surface area contributed by atoms with Crippen molar-refractivity contribution in [1.29, 1.82) is 0 Å². The van der Waals surface area contributed by atoms with Crippen molar-refractivity contribution < 1.29 is 9.47 Å². The second-order valence-electron chi connectivity index (χ2n) is 4.53. The van der Waals surface area contributed by atoms with Crippen LogP contribution in [0.2, 0.25) is 0 Å². The lowest BCUT2D eigenvalue weighted by molar-refractivity contribution is -0.231. The summed E-state index contributed by atoms with van der Waals surface area (Å²) in [5.41, 5.74) is 0. The number of hydrogen-bond acceptors (Lipinski definition) is 2. The van der Waals surface area contributed by atoms with E-state index in [1.54, 1.807) is 0 Å². The third-order valence-corrected chi connectivity index (χ3v) is 2.72. The second-order valence-corrected chi connectivity index (χ2v) is 4.53. The minimum absolute atomic E-state index is 0.0374. The molecule has 1 aliphatic rings. The van der Waals surface area contributed by atoms with Crippen LogP contribution in [0.4, 0.5) is 0 Å². The molecular formula is C12H24O2. The molecule has 0 aromatic heterocycles. The number of unbranched alkanes of at least 4 members (excludes halogenated alkanes) is 2. The van der Waals surface area contributed by atoms with Crippen molar-refractivity contribution in [2.45, 2.75) is 65.3 Å². The first-order valence-electron chi connectivity index (χ1n) is 6.01. The van der Waals surface area contributed by atoms with Crippen LogP contribution in [0.3, 0.4) is 0 Å². The predicted octanol–water partition coefficient (Wildman–Crippen LogP) is 3.35. The molecular weight excluding hydrogens is 176 g/mol. The average Bonchev–Trinajstić information content (AvgIpc) is 2.19. The van der Waals surface area contributed by atoms with Gasteiger partial charge in [-0.1, -0.05) is 40.0 Å². The van der Waals surface area contributed by atoms with Gasteiger partial charge in [-0.2, -0.15) is 0 Å². The molecule has 1 rings (SSSR count). The minimum atomic E-state index is 0.0374. The summed E-state index contributed by atoms with van der Waals surface area (Å²) >= 11 is 0. The summed E-state index contributed by atoms with van der Waals surface area (Å²) < 4.78 is 11.4. The maximum atomic E-state index is 5.87. The van der Waals surface area contributed by atoms with Crippen LogP contribution < -0.4 is 0 Å². The SMILES string of the molecule is CCCCC[C@@H]1CCO[C@H](C(C)C)O1. The molecule has 0 unspecified atom stereocenters. The third-order valence-electron chi connectivity index (χ3n) is 2.72. The Balaban J connectivity index is 2.19. The highest BCUT2D eigenvalue weighted by Crippen LogP contribution is 2.21. The highest BCUT2D eigenvalue weighted by molar-refractivity contribution is 4.66. The van der Waals surface area contributed by atoms with Gasteiger partial charge in [0.2, 0.25) is 0 Å². The topological polar surface area (TPSA) is 18.5 Å². The maximum absolute atomic E-state index is 5.87. The molecule has 0 spiro atoms. The van der Waals surface area contributed by atoms with E-state index in [9.17, 15) is 0 Å². The fourth-order valence-electron chi connectivity index (χ4n) is 1.80. The molecule has 2 atom stereocenters. The molecule has 0 aromatic carbocycles. The van der Waals surface area contributed by atoms with E-state index in [4.69, 9.17) is 9.47 Å². The highest BCUT2D eigenvalue weighted by Gasteiger charge is 2.24. The molecule has 0 amide bonds. The van der Waals surface area contributed by atoms with E-state index in [1.165, 1.54) is 25.7 Å². The second kappa shape index (κ2) is 6.41. The standard InChI is InChI=1S/C12H24O2/c1-4-5-6-7-11-8-9-13-12(14-11)10(2)3/h10-12H,4-9H2,1-3H3/t11-,12+/m1/s1. The van der Waals surface area contributed by atoms with Gasteiger partial charge in [0.25, 0.3) is 0 Å². The van der Waals surface area contributed by atoms with Crippen molar-refractivity contribution in [3.8, 4) is 0 Å². The number of hydrogen-bond donors (Lipinski definition) is 0. The van der Waals surface area contributed by atoms with Gasteiger partial charge >= 0.3 is 0 Å². The number of rotatable bonds is 5. The van der Waals surface area contributed by atoms with Crippen LogP contribution in [0, 0.1) is 5.92 Å². The predicted molar refractivity (Wildman–Crippen MR) is 58.2 cm³/mol. The Hall–Kier alpha value is -0.0800. The summed E-state index contributed by atoms with van der Waals surface area (Å²) in [7, 11) is 0. The van der Waals surface area contributed by atoms with Crippen molar-refractivity contribution in [3.63, 3.8) is 0 Å². The van der Waals surface area contributed by atoms with Gasteiger partial charge in [-0.3, -0.25) is 0 Å². The Morgan fingerprint density at radius 1 is 1.29 bits per heavy atom. The molecule has 0 bridgehead atoms. The van der Waals surface area contributed by atoms with E-state index in [2.05, 4.69) is 20.8 Å². The van der Waals surface area contributed by atoms with Crippen molar-refractivity contribution >= 4 is 0 Å². The van der Waals surface area contributed by atoms with E-state index < -0.39 is 0 Å². The Kier molecular flexibility index (Phi) is 5.49. The molecule has 1 aliphatic heterocycles. The average molecular weight is 200 g/mol. The smallest absolute Gasteiger partial charge is 0.160 e. The van der Waals surface area contributed by atoms with E-state index in [0.717, 1.165) is 13.0 Å². The van der Waals surface area contributed by atoms with E-state index in [1.807, 2.05) is 0 Å². The van der Waals surface area contributed by atoms with Crippen LogP contribution >= 0.6 is 0 Å². The van der Waals surface area contributed by atoms with Gasteiger partial charge in [0, 0.05) is 5.92 Å². The van der Waals surface area contributed by atoms with Crippen LogP contribution in [0.1, 0.15) is 52.9 Å². The van der Waals surface area contributed by atoms with E-state index in [0.29, 0.717) is 12.0 Å². The zero-order chi connectivity index (χ0) is 10.4. The summed E-state index contributed by atoms with van der Waals surface area (Å²) in [5.74, 6) is 0.476. The Morgan fingerprint density at radius 2 is 2.07 bits per heavy atom. The van der Waals surface area contributed by atoms with Crippen molar-refractivity contribution in [3.05, 3.63) is 0 Å². The quantitative estimate of drug-likeness (QED) is 0.634. The van der Waals surface area contributed by atoms with Gasteiger partial charge in [-0.25, -0.2) is 0 Å². The minimum Gasteiger partial charge on any atom is -0.352 e. The van der Waals surface area contributed by atoms with Crippen LogP contribution in [0.25, 0.3) is 0 Å². The molecule has 0 N–H and O–H groups in total. The summed E-state index contributed by atoms with van der Waals surface area (Å²) in [5, 5.41) is 0. The van der Waals surface area contributed by atoms with Crippen molar-refractivity contribution in [1.82, 2.24) is 0 Å². The normalized spacial score (nSPS) is 28.3. The largest absolute Gasteiger partial charge is 0.352 e. The maximum Gasteiger partial charge on any atom is 0.160 e. The van der Waals surface area contributed by atoms with Crippen LogP contribution in [0.15, 0.2) is 0 Å². The highest BCUT2D eigenvalue weighted by atomic mass is 16.7. The molecule has 0 radical (unpaired) electrons. The molecule has 1 heterocycles. The van der Waals surface area contributed by atoms with Gasteiger partial charge in [0.1, 0.15) is 0 Å². The van der Waals surface area contributed by atoms with Gasteiger partial charge in [0.05, 0.1) is 12.7 Å². The fraction of sp³-hybridized carbons (Fsp3) is 1.00. The monoisotopic (exact) mass is 200 g/mol. The van der Waals surface area contributed by atoms with Crippen molar-refractivity contribution in [2.75, 3.05) is 6.61 Å². The van der Waals surface area contributed by atoms with Crippen LogP contribution in [0.5, 0.6) is 0 Å². The van der Waals surface area contributed by atoms with Gasteiger partial charge in [-0.05, 0) is 12.8 Å². The van der Waals surface area contributed by atoms with Crippen molar-refractivity contribution in [2.24, 2.45) is 5.92 Å².